The van der Waals surface area contributed by atoms with E-state index in [-0.39, 0.29) is 6.04 Å². The third-order valence-electron chi connectivity index (χ3n) is 3.25. The Morgan fingerprint density at radius 2 is 1.95 bits per heavy atom. The van der Waals surface area contributed by atoms with E-state index in [1.807, 2.05) is 38.1 Å². The maximum Gasteiger partial charge on any atom is 0.124 e. The first-order valence-electron chi connectivity index (χ1n) is 6.30. The number of ether oxygens (including phenoxy) is 1. The average Bonchev–Trinajstić information content (AvgIpc) is 2.42. The first-order chi connectivity index (χ1) is 9.56. The second kappa shape index (κ2) is 6.22. The summed E-state index contributed by atoms with van der Waals surface area (Å²) in [5, 5.41) is 0.638. The van der Waals surface area contributed by atoms with Gasteiger partial charge in [0.05, 0.1) is 13.2 Å². The summed E-state index contributed by atoms with van der Waals surface area (Å²) in [4.78, 5) is 4.48. The zero-order valence-corrected chi connectivity index (χ0v) is 12.5. The van der Waals surface area contributed by atoms with E-state index in [1.54, 1.807) is 13.2 Å². The highest BCUT2D eigenvalue weighted by Gasteiger charge is 2.19. The number of hydrogen-bond acceptors (Lipinski definition) is 4. The van der Waals surface area contributed by atoms with Crippen molar-refractivity contribution in [2.45, 2.75) is 19.9 Å². The maximum atomic E-state index is 6.09. The molecule has 1 aromatic heterocycles. The summed E-state index contributed by atoms with van der Waals surface area (Å²) in [6.45, 7) is 3.92. The molecule has 0 bridgehead atoms. The summed E-state index contributed by atoms with van der Waals surface area (Å²) in [5.74, 6) is 6.47. The van der Waals surface area contributed by atoms with E-state index in [0.29, 0.717) is 5.02 Å². The number of methoxy groups -OCH3 is 1. The number of nitrogens with two attached hydrogens (primary N) is 1. The first kappa shape index (κ1) is 14.8. The minimum atomic E-state index is -0.225. The van der Waals surface area contributed by atoms with Gasteiger partial charge in [0.1, 0.15) is 5.75 Å². The molecular weight excluding hydrogens is 274 g/mol. The molecule has 0 radical (unpaired) electrons. The van der Waals surface area contributed by atoms with E-state index in [9.17, 15) is 0 Å². The van der Waals surface area contributed by atoms with Gasteiger partial charge in [0, 0.05) is 22.0 Å². The number of pyridine rings is 1. The Morgan fingerprint density at radius 1 is 1.20 bits per heavy atom. The topological polar surface area (TPSA) is 60.2 Å². The molecule has 2 aromatic rings. The molecule has 1 atom stereocenters. The molecule has 0 fully saturated rings. The van der Waals surface area contributed by atoms with Gasteiger partial charge in [-0.1, -0.05) is 17.7 Å². The van der Waals surface area contributed by atoms with Gasteiger partial charge in [0.2, 0.25) is 0 Å². The quantitative estimate of drug-likeness (QED) is 0.672. The van der Waals surface area contributed by atoms with Crippen molar-refractivity contribution in [3.63, 3.8) is 0 Å². The van der Waals surface area contributed by atoms with Crippen LogP contribution in [-0.4, -0.2) is 12.1 Å². The molecule has 0 amide bonds. The number of hydrogen-bond donors (Lipinski definition) is 2. The van der Waals surface area contributed by atoms with E-state index < -0.39 is 0 Å². The summed E-state index contributed by atoms with van der Waals surface area (Å²) < 4.78 is 5.39. The molecule has 5 heteroatoms. The van der Waals surface area contributed by atoms with E-state index in [0.717, 1.165) is 28.3 Å². The van der Waals surface area contributed by atoms with Crippen molar-refractivity contribution in [3.05, 3.63) is 57.9 Å². The van der Waals surface area contributed by atoms with Crippen LogP contribution in [0.1, 0.15) is 28.6 Å². The molecule has 0 aliphatic carbocycles. The standard InChI is InChI=1S/C15H18ClN3O/c1-9-4-6-12(10(2)18-9)15(19-17)13-8-11(16)5-7-14(13)20-3/h4-8,15,19H,17H2,1-3H3. The summed E-state index contributed by atoms with van der Waals surface area (Å²) in [5.41, 5.74) is 6.60. The minimum Gasteiger partial charge on any atom is -0.496 e. The van der Waals surface area contributed by atoms with Crippen LogP contribution in [0.15, 0.2) is 30.3 Å². The Morgan fingerprint density at radius 3 is 2.55 bits per heavy atom. The van der Waals surface area contributed by atoms with Crippen molar-refractivity contribution in [3.8, 4) is 5.75 Å². The van der Waals surface area contributed by atoms with Crippen molar-refractivity contribution >= 4 is 11.6 Å². The van der Waals surface area contributed by atoms with E-state index in [2.05, 4.69) is 10.4 Å². The van der Waals surface area contributed by atoms with Crippen molar-refractivity contribution < 1.29 is 4.74 Å². The Hall–Kier alpha value is -1.62. The van der Waals surface area contributed by atoms with Gasteiger partial charge in [0.25, 0.3) is 0 Å². The highest BCUT2D eigenvalue weighted by molar-refractivity contribution is 6.30. The molecule has 0 saturated carbocycles. The van der Waals surface area contributed by atoms with Gasteiger partial charge in [-0.25, -0.2) is 5.43 Å². The SMILES string of the molecule is COc1ccc(Cl)cc1C(NN)c1ccc(C)nc1C. The van der Waals surface area contributed by atoms with Crippen molar-refractivity contribution in [1.29, 1.82) is 0 Å². The van der Waals surface area contributed by atoms with E-state index >= 15 is 0 Å². The van der Waals surface area contributed by atoms with Crippen LogP contribution < -0.4 is 16.0 Å². The lowest BCUT2D eigenvalue weighted by Crippen LogP contribution is -2.30. The van der Waals surface area contributed by atoms with Crippen LogP contribution in [0.4, 0.5) is 0 Å². The Kier molecular flexibility index (Phi) is 4.60. The van der Waals surface area contributed by atoms with Crippen molar-refractivity contribution in [1.82, 2.24) is 10.4 Å². The van der Waals surface area contributed by atoms with Crippen LogP contribution >= 0.6 is 11.6 Å². The van der Waals surface area contributed by atoms with Crippen LogP contribution in [0.2, 0.25) is 5.02 Å². The summed E-state index contributed by atoms with van der Waals surface area (Å²) in [7, 11) is 1.63. The lowest BCUT2D eigenvalue weighted by atomic mass is 9.97. The second-order valence-corrected chi connectivity index (χ2v) is 5.05. The molecule has 4 nitrogen and oxygen atoms in total. The molecule has 106 valence electrons. The molecule has 0 saturated heterocycles. The zero-order valence-electron chi connectivity index (χ0n) is 11.8. The number of hydrazine groups is 1. The van der Waals surface area contributed by atoms with Crippen LogP contribution in [0.5, 0.6) is 5.75 Å². The average molecular weight is 292 g/mol. The number of nitrogens with zero attached hydrogens (tertiary/aromatic N) is 1. The first-order valence-corrected chi connectivity index (χ1v) is 6.68. The van der Waals surface area contributed by atoms with Crippen LogP contribution in [-0.2, 0) is 0 Å². The fourth-order valence-corrected chi connectivity index (χ4v) is 2.46. The third kappa shape index (κ3) is 2.93. The predicted molar refractivity (Wildman–Crippen MR) is 80.9 cm³/mol. The summed E-state index contributed by atoms with van der Waals surface area (Å²) in [6.07, 6.45) is 0. The van der Waals surface area contributed by atoms with Crippen LogP contribution in [0.25, 0.3) is 0 Å². The number of benzene rings is 1. The monoisotopic (exact) mass is 291 g/mol. The number of halogens is 1. The molecule has 0 spiro atoms. The van der Waals surface area contributed by atoms with Gasteiger partial charge in [-0.3, -0.25) is 10.8 Å². The van der Waals surface area contributed by atoms with Crippen LogP contribution in [0.3, 0.4) is 0 Å². The molecule has 20 heavy (non-hydrogen) atoms. The number of aromatic nitrogens is 1. The molecule has 0 aliphatic rings. The zero-order chi connectivity index (χ0) is 14.7. The number of rotatable bonds is 4. The Bertz CT molecular complexity index is 616. The van der Waals surface area contributed by atoms with Crippen molar-refractivity contribution in [2.75, 3.05) is 7.11 Å². The Balaban J connectivity index is 2.54. The molecule has 1 heterocycles. The van der Waals surface area contributed by atoms with E-state index in [4.69, 9.17) is 22.2 Å². The Labute approximate surface area is 123 Å². The van der Waals surface area contributed by atoms with E-state index in [1.165, 1.54) is 0 Å². The highest BCUT2D eigenvalue weighted by atomic mass is 35.5. The van der Waals surface area contributed by atoms with Gasteiger partial charge in [-0.2, -0.15) is 0 Å². The van der Waals surface area contributed by atoms with Gasteiger partial charge >= 0.3 is 0 Å². The lowest BCUT2D eigenvalue weighted by Gasteiger charge is -2.21. The van der Waals surface area contributed by atoms with Gasteiger partial charge < -0.3 is 4.74 Å². The van der Waals surface area contributed by atoms with Gasteiger partial charge in [-0.15, -0.1) is 0 Å². The maximum absolute atomic E-state index is 6.09. The molecule has 3 N–H and O–H groups in total. The fraction of sp³-hybridized carbons (Fsp3) is 0.267. The second-order valence-electron chi connectivity index (χ2n) is 4.61. The number of nitrogens with one attached hydrogen (secondary N) is 1. The molecule has 2 rings (SSSR count). The fourth-order valence-electron chi connectivity index (χ4n) is 2.28. The lowest BCUT2D eigenvalue weighted by molar-refractivity contribution is 0.404. The highest BCUT2D eigenvalue weighted by Crippen LogP contribution is 2.32. The normalized spacial score (nSPS) is 12.2. The molecule has 1 aromatic carbocycles. The van der Waals surface area contributed by atoms with Crippen LogP contribution in [0, 0.1) is 13.8 Å². The summed E-state index contributed by atoms with van der Waals surface area (Å²) >= 11 is 6.09. The van der Waals surface area contributed by atoms with Crippen molar-refractivity contribution in [2.24, 2.45) is 5.84 Å². The minimum absolute atomic E-state index is 0.225. The molecule has 0 aliphatic heterocycles. The van der Waals surface area contributed by atoms with Gasteiger partial charge in [0.15, 0.2) is 0 Å². The molecular formula is C15H18ClN3O. The molecule has 1 unspecified atom stereocenters. The summed E-state index contributed by atoms with van der Waals surface area (Å²) in [6, 6.07) is 9.23. The van der Waals surface area contributed by atoms with Gasteiger partial charge in [-0.05, 0) is 43.7 Å². The third-order valence-corrected chi connectivity index (χ3v) is 3.48. The predicted octanol–water partition coefficient (Wildman–Crippen LogP) is 2.91. The smallest absolute Gasteiger partial charge is 0.124 e. The number of aryl methyl sites for hydroxylation is 2. The largest absolute Gasteiger partial charge is 0.496 e.